The molecule has 0 fully saturated rings. The van der Waals surface area contributed by atoms with Gasteiger partial charge in [-0.05, 0) is 43.2 Å². The Hall–Kier alpha value is -3.01. The second-order valence-corrected chi connectivity index (χ2v) is 6.63. The molecule has 4 nitrogen and oxygen atoms in total. The van der Waals surface area contributed by atoms with Crippen molar-refractivity contribution < 1.29 is 9.53 Å². The van der Waals surface area contributed by atoms with Crippen LogP contribution in [-0.4, -0.2) is 36.0 Å². The number of aromatic nitrogens is 1. The molecular weight excluding hydrogens is 324 g/mol. The first kappa shape index (κ1) is 16.5. The zero-order chi connectivity index (χ0) is 18.1. The summed E-state index contributed by atoms with van der Waals surface area (Å²) in [7, 11) is 1.61. The molecule has 26 heavy (non-hydrogen) atoms. The number of ether oxygens (including phenoxy) is 1. The summed E-state index contributed by atoms with van der Waals surface area (Å²) in [5.74, 6) is 0.758. The highest BCUT2D eigenvalue weighted by Gasteiger charge is 2.21. The van der Waals surface area contributed by atoms with Crippen LogP contribution in [0.1, 0.15) is 28.0 Å². The minimum atomic E-state index is 0.0508. The maximum atomic E-state index is 12.8. The van der Waals surface area contributed by atoms with Crippen molar-refractivity contribution >= 4 is 22.4 Å². The van der Waals surface area contributed by atoms with Crippen LogP contribution in [0.2, 0.25) is 0 Å². The number of amides is 1. The fourth-order valence-electron chi connectivity index (χ4n) is 3.71. The number of nitrogens with zero attached hydrogens (tertiary/aromatic N) is 1. The van der Waals surface area contributed by atoms with Crippen LogP contribution in [-0.2, 0) is 0 Å². The SMILES string of the molecule is COc1cccc(C(=O)N2CC=C(c3c(C)[nH]c4ccccc34)CC2)c1. The van der Waals surface area contributed by atoms with Gasteiger partial charge in [-0.2, -0.15) is 0 Å². The number of carbonyl (C=O) groups excluding carboxylic acids is 1. The van der Waals surface area contributed by atoms with Crippen molar-refractivity contribution in [2.24, 2.45) is 0 Å². The number of carbonyl (C=O) groups is 1. The van der Waals surface area contributed by atoms with Gasteiger partial charge in [-0.3, -0.25) is 4.79 Å². The van der Waals surface area contributed by atoms with Crippen molar-refractivity contribution in [1.82, 2.24) is 9.88 Å². The van der Waals surface area contributed by atoms with Gasteiger partial charge >= 0.3 is 0 Å². The molecule has 0 aliphatic carbocycles. The van der Waals surface area contributed by atoms with E-state index in [0.29, 0.717) is 17.9 Å². The van der Waals surface area contributed by atoms with E-state index in [2.05, 4.69) is 36.2 Å². The van der Waals surface area contributed by atoms with E-state index in [-0.39, 0.29) is 5.91 Å². The molecule has 1 aliphatic heterocycles. The minimum absolute atomic E-state index is 0.0508. The topological polar surface area (TPSA) is 45.3 Å². The molecule has 0 spiro atoms. The highest BCUT2D eigenvalue weighted by Crippen LogP contribution is 2.32. The summed E-state index contributed by atoms with van der Waals surface area (Å²) in [6.45, 7) is 3.47. The van der Waals surface area contributed by atoms with Gasteiger partial charge < -0.3 is 14.6 Å². The number of aromatic amines is 1. The van der Waals surface area contributed by atoms with E-state index in [1.807, 2.05) is 29.2 Å². The maximum absolute atomic E-state index is 12.8. The molecule has 0 atom stereocenters. The Labute approximate surface area is 153 Å². The van der Waals surface area contributed by atoms with Gasteiger partial charge in [0.15, 0.2) is 0 Å². The Bertz CT molecular complexity index is 1000. The monoisotopic (exact) mass is 346 g/mol. The molecule has 2 aromatic carbocycles. The van der Waals surface area contributed by atoms with Crippen molar-refractivity contribution in [2.45, 2.75) is 13.3 Å². The van der Waals surface area contributed by atoms with Crippen LogP contribution in [0.3, 0.4) is 0 Å². The number of fused-ring (bicyclic) bond motifs is 1. The van der Waals surface area contributed by atoms with Gasteiger partial charge in [0.1, 0.15) is 5.75 Å². The molecule has 1 aliphatic rings. The van der Waals surface area contributed by atoms with Crippen LogP contribution < -0.4 is 4.74 Å². The third-order valence-corrected chi connectivity index (χ3v) is 5.03. The predicted molar refractivity (Wildman–Crippen MR) is 105 cm³/mol. The molecule has 0 saturated heterocycles. The molecule has 1 N–H and O–H groups in total. The van der Waals surface area contributed by atoms with Crippen LogP contribution in [0.4, 0.5) is 0 Å². The van der Waals surface area contributed by atoms with Crippen molar-refractivity contribution in [2.75, 3.05) is 20.2 Å². The van der Waals surface area contributed by atoms with E-state index in [9.17, 15) is 4.79 Å². The summed E-state index contributed by atoms with van der Waals surface area (Å²) < 4.78 is 5.23. The standard InChI is InChI=1S/C22H22N2O2/c1-15-21(19-8-3-4-9-20(19)23-15)16-10-12-24(13-11-16)22(25)17-6-5-7-18(14-17)26-2/h3-10,14,23H,11-13H2,1-2H3. The minimum Gasteiger partial charge on any atom is -0.497 e. The second kappa shape index (κ2) is 6.71. The summed E-state index contributed by atoms with van der Waals surface area (Å²) in [5.41, 5.74) is 5.62. The summed E-state index contributed by atoms with van der Waals surface area (Å²) in [5, 5.41) is 1.25. The number of hydrogen-bond acceptors (Lipinski definition) is 2. The molecule has 4 rings (SSSR count). The Morgan fingerprint density at radius 1 is 1.15 bits per heavy atom. The van der Waals surface area contributed by atoms with E-state index in [0.717, 1.165) is 18.5 Å². The van der Waals surface area contributed by atoms with E-state index < -0.39 is 0 Å². The Kier molecular flexibility index (Phi) is 4.25. The molecule has 1 aromatic heterocycles. The predicted octanol–water partition coefficient (Wildman–Crippen LogP) is 4.41. The average Bonchev–Trinajstić information content (AvgIpc) is 3.03. The lowest BCUT2D eigenvalue weighted by atomic mass is 9.96. The fourth-order valence-corrected chi connectivity index (χ4v) is 3.71. The fraction of sp³-hybridized carbons (Fsp3) is 0.227. The van der Waals surface area contributed by atoms with Crippen molar-refractivity contribution in [1.29, 1.82) is 0 Å². The number of hydrogen-bond donors (Lipinski definition) is 1. The Morgan fingerprint density at radius 2 is 2.00 bits per heavy atom. The van der Waals surface area contributed by atoms with Gasteiger partial charge in [0, 0.05) is 40.8 Å². The largest absolute Gasteiger partial charge is 0.497 e. The third-order valence-electron chi connectivity index (χ3n) is 5.03. The van der Waals surface area contributed by atoms with Gasteiger partial charge in [-0.1, -0.05) is 30.3 Å². The average molecular weight is 346 g/mol. The molecule has 0 radical (unpaired) electrons. The van der Waals surface area contributed by atoms with E-state index in [1.165, 1.54) is 22.2 Å². The number of methoxy groups -OCH3 is 1. The van der Waals surface area contributed by atoms with Crippen LogP contribution in [0.5, 0.6) is 5.75 Å². The van der Waals surface area contributed by atoms with Gasteiger partial charge in [0.25, 0.3) is 5.91 Å². The summed E-state index contributed by atoms with van der Waals surface area (Å²) in [6, 6.07) is 15.7. The Morgan fingerprint density at radius 3 is 2.77 bits per heavy atom. The molecule has 0 bridgehead atoms. The number of nitrogens with one attached hydrogen (secondary N) is 1. The van der Waals surface area contributed by atoms with Crippen LogP contribution in [0, 0.1) is 6.92 Å². The van der Waals surface area contributed by atoms with Crippen LogP contribution >= 0.6 is 0 Å². The van der Waals surface area contributed by atoms with Crippen LogP contribution in [0.25, 0.3) is 16.5 Å². The molecule has 1 amide bonds. The summed E-state index contributed by atoms with van der Waals surface area (Å²) in [6.07, 6.45) is 3.04. The first-order valence-corrected chi connectivity index (χ1v) is 8.87. The van der Waals surface area contributed by atoms with Gasteiger partial charge in [-0.15, -0.1) is 0 Å². The first-order valence-electron chi connectivity index (χ1n) is 8.87. The van der Waals surface area contributed by atoms with Crippen molar-refractivity contribution in [3.05, 3.63) is 71.4 Å². The lowest BCUT2D eigenvalue weighted by molar-refractivity contribution is 0.0772. The molecule has 4 heteroatoms. The van der Waals surface area contributed by atoms with Crippen LogP contribution in [0.15, 0.2) is 54.6 Å². The lowest BCUT2D eigenvalue weighted by Crippen LogP contribution is -2.34. The van der Waals surface area contributed by atoms with Gasteiger partial charge in [0.05, 0.1) is 7.11 Å². The third kappa shape index (κ3) is 2.88. The number of aryl methyl sites for hydroxylation is 1. The summed E-state index contributed by atoms with van der Waals surface area (Å²) in [4.78, 5) is 18.1. The maximum Gasteiger partial charge on any atom is 0.254 e. The molecule has 132 valence electrons. The molecule has 3 aromatic rings. The molecular formula is C22H22N2O2. The number of rotatable bonds is 3. The van der Waals surface area contributed by atoms with Crippen molar-refractivity contribution in [3.8, 4) is 5.75 Å². The first-order chi connectivity index (χ1) is 12.7. The number of H-pyrrole nitrogens is 1. The highest BCUT2D eigenvalue weighted by atomic mass is 16.5. The normalized spacial score (nSPS) is 14.4. The molecule has 0 saturated carbocycles. The van der Waals surface area contributed by atoms with E-state index in [1.54, 1.807) is 13.2 Å². The smallest absolute Gasteiger partial charge is 0.254 e. The lowest BCUT2D eigenvalue weighted by Gasteiger charge is -2.27. The molecule has 0 unspecified atom stereocenters. The molecule has 2 heterocycles. The Balaban J connectivity index is 1.58. The van der Waals surface area contributed by atoms with Gasteiger partial charge in [-0.25, -0.2) is 0 Å². The van der Waals surface area contributed by atoms with Crippen molar-refractivity contribution in [3.63, 3.8) is 0 Å². The summed E-state index contributed by atoms with van der Waals surface area (Å²) >= 11 is 0. The van der Waals surface area contributed by atoms with Gasteiger partial charge in [0.2, 0.25) is 0 Å². The number of para-hydroxylation sites is 1. The zero-order valence-electron chi connectivity index (χ0n) is 15.1. The van der Waals surface area contributed by atoms with E-state index >= 15 is 0 Å². The highest BCUT2D eigenvalue weighted by molar-refractivity contribution is 5.97. The number of benzene rings is 2. The quantitative estimate of drug-likeness (QED) is 0.763. The zero-order valence-corrected chi connectivity index (χ0v) is 15.1. The second-order valence-electron chi connectivity index (χ2n) is 6.63. The van der Waals surface area contributed by atoms with E-state index in [4.69, 9.17) is 4.74 Å².